The van der Waals surface area contributed by atoms with Crippen molar-refractivity contribution in [3.63, 3.8) is 0 Å². The number of unbranched alkanes of at least 4 members (excludes halogenated alkanes) is 5. The summed E-state index contributed by atoms with van der Waals surface area (Å²) < 4.78 is 5.48. The summed E-state index contributed by atoms with van der Waals surface area (Å²) in [5, 5.41) is 9.61. The van der Waals surface area contributed by atoms with Crippen molar-refractivity contribution in [3.8, 4) is 11.5 Å². The first-order valence-corrected chi connectivity index (χ1v) is 6.69. The fourth-order valence-electron chi connectivity index (χ4n) is 1.79. The Morgan fingerprint density at radius 3 is 2.56 bits per heavy atom. The summed E-state index contributed by atoms with van der Waals surface area (Å²) in [5.41, 5.74) is 0.458. The largest absolute Gasteiger partial charge is 0.504 e. The van der Waals surface area contributed by atoms with Crippen molar-refractivity contribution in [1.82, 2.24) is 0 Å². The Bertz CT molecular complexity index is 361. The van der Waals surface area contributed by atoms with E-state index >= 15 is 0 Å². The molecule has 3 heteroatoms. The van der Waals surface area contributed by atoms with Gasteiger partial charge in [-0.2, -0.15) is 0 Å². The highest BCUT2D eigenvalue weighted by Crippen LogP contribution is 2.26. The van der Waals surface area contributed by atoms with Gasteiger partial charge in [0.2, 0.25) is 0 Å². The number of aldehydes is 1. The van der Waals surface area contributed by atoms with Gasteiger partial charge in [-0.05, 0) is 24.6 Å². The van der Waals surface area contributed by atoms with Gasteiger partial charge in [0.25, 0.3) is 0 Å². The van der Waals surface area contributed by atoms with Gasteiger partial charge in [0, 0.05) is 5.56 Å². The van der Waals surface area contributed by atoms with Crippen LogP contribution < -0.4 is 4.74 Å². The summed E-state index contributed by atoms with van der Waals surface area (Å²) in [6, 6.07) is 4.70. The minimum atomic E-state index is 0.0329. The Hall–Kier alpha value is -1.51. The van der Waals surface area contributed by atoms with Crippen molar-refractivity contribution in [2.75, 3.05) is 6.61 Å². The molecule has 0 unspecified atom stereocenters. The van der Waals surface area contributed by atoms with E-state index in [9.17, 15) is 9.90 Å². The van der Waals surface area contributed by atoms with Gasteiger partial charge in [0.05, 0.1) is 6.61 Å². The number of carbonyl (C=O) groups is 1. The second-order valence-electron chi connectivity index (χ2n) is 4.46. The molecule has 1 rings (SSSR count). The number of phenolic OH excluding ortho intramolecular Hbond substituents is 1. The lowest BCUT2D eigenvalue weighted by Gasteiger charge is -2.08. The first kappa shape index (κ1) is 14.6. The van der Waals surface area contributed by atoms with Crippen LogP contribution >= 0.6 is 0 Å². The normalized spacial score (nSPS) is 10.3. The fraction of sp³-hybridized carbons (Fsp3) is 0.533. The lowest BCUT2D eigenvalue weighted by Crippen LogP contribution is -1.98. The van der Waals surface area contributed by atoms with Crippen molar-refractivity contribution >= 4 is 6.29 Å². The Kier molecular flexibility index (Phi) is 6.92. The van der Waals surface area contributed by atoms with E-state index in [2.05, 4.69) is 6.92 Å². The first-order chi connectivity index (χ1) is 8.77. The van der Waals surface area contributed by atoms with E-state index in [0.717, 1.165) is 12.8 Å². The molecule has 0 amide bonds. The molecule has 0 radical (unpaired) electrons. The molecular weight excluding hydrogens is 228 g/mol. The van der Waals surface area contributed by atoms with Gasteiger partial charge in [-0.1, -0.05) is 39.0 Å². The third-order valence-corrected chi connectivity index (χ3v) is 2.87. The molecule has 3 nitrogen and oxygen atoms in total. The molecule has 0 aliphatic heterocycles. The summed E-state index contributed by atoms with van der Waals surface area (Å²) in [6.45, 7) is 2.81. The zero-order valence-corrected chi connectivity index (χ0v) is 11.0. The molecule has 1 N–H and O–H groups in total. The molecule has 100 valence electrons. The van der Waals surface area contributed by atoms with E-state index in [1.807, 2.05) is 0 Å². The molecule has 0 aliphatic rings. The molecule has 0 saturated heterocycles. The van der Waals surface area contributed by atoms with Crippen LogP contribution in [0.5, 0.6) is 11.5 Å². The van der Waals surface area contributed by atoms with Gasteiger partial charge in [0.1, 0.15) is 6.29 Å². The number of phenols is 1. The van der Waals surface area contributed by atoms with E-state index in [4.69, 9.17) is 4.74 Å². The van der Waals surface area contributed by atoms with Crippen LogP contribution in [0.4, 0.5) is 0 Å². The molecule has 0 aliphatic carbocycles. The Morgan fingerprint density at radius 2 is 1.89 bits per heavy atom. The van der Waals surface area contributed by atoms with Crippen LogP contribution in [0.3, 0.4) is 0 Å². The second-order valence-corrected chi connectivity index (χ2v) is 4.46. The summed E-state index contributed by atoms with van der Waals surface area (Å²) in [7, 11) is 0. The summed E-state index contributed by atoms with van der Waals surface area (Å²) >= 11 is 0. The maximum Gasteiger partial charge on any atom is 0.160 e. The van der Waals surface area contributed by atoms with E-state index in [1.165, 1.54) is 31.7 Å². The predicted octanol–water partition coefficient (Wildman–Crippen LogP) is 3.94. The van der Waals surface area contributed by atoms with Gasteiger partial charge in [-0.25, -0.2) is 0 Å². The summed E-state index contributed by atoms with van der Waals surface area (Å²) in [4.78, 5) is 10.5. The molecular formula is C15H22O3. The quantitative estimate of drug-likeness (QED) is 0.533. The lowest BCUT2D eigenvalue weighted by atomic mass is 10.1. The molecule has 0 fully saturated rings. The number of benzene rings is 1. The molecule has 0 heterocycles. The topological polar surface area (TPSA) is 46.5 Å². The van der Waals surface area contributed by atoms with Crippen LogP contribution in [0.15, 0.2) is 18.2 Å². The minimum Gasteiger partial charge on any atom is -0.504 e. The van der Waals surface area contributed by atoms with E-state index < -0.39 is 0 Å². The highest BCUT2D eigenvalue weighted by molar-refractivity contribution is 5.76. The average molecular weight is 250 g/mol. The van der Waals surface area contributed by atoms with E-state index in [0.29, 0.717) is 24.2 Å². The second kappa shape index (κ2) is 8.56. The number of rotatable bonds is 9. The fourth-order valence-corrected chi connectivity index (χ4v) is 1.79. The first-order valence-electron chi connectivity index (χ1n) is 6.69. The van der Waals surface area contributed by atoms with E-state index in [-0.39, 0.29) is 5.75 Å². The van der Waals surface area contributed by atoms with Crippen molar-refractivity contribution in [3.05, 3.63) is 23.8 Å². The monoisotopic (exact) mass is 250 g/mol. The highest BCUT2D eigenvalue weighted by Gasteiger charge is 2.03. The number of aromatic hydroxyl groups is 1. The molecule has 0 aromatic heterocycles. The molecule has 0 saturated carbocycles. The number of hydrogen-bond acceptors (Lipinski definition) is 3. The van der Waals surface area contributed by atoms with Gasteiger partial charge in [-0.15, -0.1) is 0 Å². The third kappa shape index (κ3) is 5.21. The van der Waals surface area contributed by atoms with Crippen LogP contribution in [0, 0.1) is 0 Å². The highest BCUT2D eigenvalue weighted by atomic mass is 16.5. The summed E-state index contributed by atoms with van der Waals surface area (Å²) in [6.07, 6.45) is 7.95. The zero-order valence-electron chi connectivity index (χ0n) is 11.0. The maximum atomic E-state index is 10.5. The van der Waals surface area contributed by atoms with Crippen LogP contribution in [0.25, 0.3) is 0 Å². The van der Waals surface area contributed by atoms with Gasteiger partial charge in [-0.3, -0.25) is 4.79 Å². The predicted molar refractivity (Wildman–Crippen MR) is 72.4 cm³/mol. The average Bonchev–Trinajstić information content (AvgIpc) is 2.39. The third-order valence-electron chi connectivity index (χ3n) is 2.87. The van der Waals surface area contributed by atoms with Gasteiger partial charge < -0.3 is 9.84 Å². The van der Waals surface area contributed by atoms with Crippen molar-refractivity contribution in [1.29, 1.82) is 0 Å². The van der Waals surface area contributed by atoms with Crippen molar-refractivity contribution in [2.45, 2.75) is 45.4 Å². The Morgan fingerprint density at radius 1 is 1.17 bits per heavy atom. The number of hydrogen-bond donors (Lipinski definition) is 1. The minimum absolute atomic E-state index is 0.0329. The van der Waals surface area contributed by atoms with Crippen molar-refractivity contribution in [2.24, 2.45) is 0 Å². The van der Waals surface area contributed by atoms with Gasteiger partial charge >= 0.3 is 0 Å². The standard InChI is InChI=1S/C15H22O3/c1-2-3-4-5-6-7-10-18-15-9-8-13(12-16)11-14(15)17/h8-9,11-12,17H,2-7,10H2,1H3. The van der Waals surface area contributed by atoms with Crippen LogP contribution in [-0.2, 0) is 0 Å². The maximum absolute atomic E-state index is 10.5. The molecule has 0 spiro atoms. The van der Waals surface area contributed by atoms with Crippen LogP contribution in [0.1, 0.15) is 55.8 Å². The smallest absolute Gasteiger partial charge is 0.160 e. The molecule has 18 heavy (non-hydrogen) atoms. The summed E-state index contributed by atoms with van der Waals surface area (Å²) in [5.74, 6) is 0.486. The number of carbonyl (C=O) groups excluding carboxylic acids is 1. The number of ether oxygens (including phenoxy) is 1. The van der Waals surface area contributed by atoms with E-state index in [1.54, 1.807) is 12.1 Å². The Labute approximate surface area is 109 Å². The molecule has 1 aromatic rings. The molecule has 1 aromatic carbocycles. The van der Waals surface area contributed by atoms with Gasteiger partial charge in [0.15, 0.2) is 11.5 Å². The van der Waals surface area contributed by atoms with Crippen molar-refractivity contribution < 1.29 is 14.6 Å². The Balaban J connectivity index is 2.21. The zero-order chi connectivity index (χ0) is 13.2. The SMILES string of the molecule is CCCCCCCCOc1ccc(C=O)cc1O. The molecule has 0 atom stereocenters. The van der Waals surface area contributed by atoms with Crippen LogP contribution in [0.2, 0.25) is 0 Å². The molecule has 0 bridgehead atoms. The lowest BCUT2D eigenvalue weighted by molar-refractivity contribution is 0.112. The van der Waals surface area contributed by atoms with Crippen LogP contribution in [-0.4, -0.2) is 18.0 Å².